The molecule has 0 aromatic heterocycles. The van der Waals surface area contributed by atoms with E-state index in [4.69, 9.17) is 15.2 Å². The van der Waals surface area contributed by atoms with Gasteiger partial charge in [0.05, 0.1) is 17.7 Å². The van der Waals surface area contributed by atoms with Crippen LogP contribution in [0.5, 0.6) is 0 Å². The van der Waals surface area contributed by atoms with Crippen LogP contribution >= 0.6 is 12.4 Å². The van der Waals surface area contributed by atoms with E-state index in [0.717, 1.165) is 25.9 Å². The highest BCUT2D eigenvalue weighted by Gasteiger charge is 2.22. The molecule has 0 aliphatic carbocycles. The largest absolute Gasteiger partial charge is 0.462 e. The zero-order chi connectivity index (χ0) is 17.9. The van der Waals surface area contributed by atoms with Crippen molar-refractivity contribution >= 4 is 30.0 Å². The molecule has 6 nitrogen and oxygen atoms in total. The summed E-state index contributed by atoms with van der Waals surface area (Å²) in [5.41, 5.74) is 6.32. The van der Waals surface area contributed by atoms with Crippen LogP contribution in [0.15, 0.2) is 18.2 Å². The van der Waals surface area contributed by atoms with Gasteiger partial charge in [-0.25, -0.2) is 9.59 Å². The second-order valence-corrected chi connectivity index (χ2v) is 5.42. The highest BCUT2D eigenvalue weighted by Crippen LogP contribution is 2.19. The number of nitrogens with zero attached hydrogens (tertiary/aromatic N) is 1. The van der Waals surface area contributed by atoms with Gasteiger partial charge in [0.2, 0.25) is 0 Å². The molecule has 0 saturated heterocycles. The maximum absolute atomic E-state index is 12.3. The first kappa shape index (κ1) is 23.2. The second-order valence-electron chi connectivity index (χ2n) is 5.42. The molecule has 0 radical (unpaired) electrons. The number of unbranched alkanes of at least 4 members (excludes halogenated alkanes) is 1. The number of carbonyl (C=O) groups is 2. The Bertz CT molecular complexity index is 548. The lowest BCUT2D eigenvalue weighted by Gasteiger charge is -2.18. The fourth-order valence-electron chi connectivity index (χ4n) is 2.23. The van der Waals surface area contributed by atoms with Crippen LogP contribution in [0.2, 0.25) is 0 Å². The number of carbonyl (C=O) groups excluding carboxylic acids is 2. The number of hydrogen-bond donors (Lipinski definition) is 1. The molecule has 0 fully saturated rings. The van der Waals surface area contributed by atoms with E-state index in [9.17, 15) is 9.59 Å². The lowest BCUT2D eigenvalue weighted by atomic mass is 10.1. The van der Waals surface area contributed by atoms with Crippen molar-refractivity contribution in [3.05, 3.63) is 29.3 Å². The van der Waals surface area contributed by atoms with E-state index in [0.29, 0.717) is 13.2 Å². The molecule has 25 heavy (non-hydrogen) atoms. The number of likely N-dealkylation sites (N-methyl/N-ethyl adjacent to an activating group) is 1. The summed E-state index contributed by atoms with van der Waals surface area (Å²) < 4.78 is 10.5. The zero-order valence-electron chi connectivity index (χ0n) is 15.2. The first-order chi connectivity index (χ1) is 11.5. The van der Waals surface area contributed by atoms with Crippen LogP contribution in [0, 0.1) is 0 Å². The third-order valence-electron chi connectivity index (χ3n) is 3.79. The number of rotatable bonds is 10. The summed E-state index contributed by atoms with van der Waals surface area (Å²) in [6, 6.07) is 4.73. The zero-order valence-corrected chi connectivity index (χ0v) is 16.1. The molecule has 142 valence electrons. The van der Waals surface area contributed by atoms with Gasteiger partial charge in [0.15, 0.2) is 0 Å². The highest BCUT2D eigenvalue weighted by atomic mass is 35.5. The number of anilines is 1. The first-order valence-corrected chi connectivity index (χ1v) is 8.50. The van der Waals surface area contributed by atoms with Crippen molar-refractivity contribution in [2.45, 2.75) is 33.6 Å². The highest BCUT2D eigenvalue weighted by molar-refractivity contribution is 6.06. The number of halogens is 1. The molecule has 2 N–H and O–H groups in total. The van der Waals surface area contributed by atoms with Gasteiger partial charge in [0, 0.05) is 12.2 Å². The average molecular weight is 373 g/mol. The van der Waals surface area contributed by atoms with Crippen LogP contribution in [0.1, 0.15) is 54.3 Å². The number of benzene rings is 1. The molecular formula is C18H29ClN2O4. The van der Waals surface area contributed by atoms with Crippen LogP contribution in [0.3, 0.4) is 0 Å². The number of ether oxygens (including phenoxy) is 2. The Kier molecular flexibility index (Phi) is 11.7. The van der Waals surface area contributed by atoms with E-state index in [1.165, 1.54) is 6.07 Å². The van der Waals surface area contributed by atoms with Gasteiger partial charge in [-0.1, -0.05) is 33.3 Å². The van der Waals surface area contributed by atoms with Crippen LogP contribution in [-0.4, -0.2) is 49.7 Å². The van der Waals surface area contributed by atoms with Gasteiger partial charge in [-0.05, 0) is 31.6 Å². The predicted molar refractivity (Wildman–Crippen MR) is 101 cm³/mol. The summed E-state index contributed by atoms with van der Waals surface area (Å²) in [5.74, 6) is -1.14. The van der Waals surface area contributed by atoms with Gasteiger partial charge in [0.25, 0.3) is 0 Å². The quantitative estimate of drug-likeness (QED) is 0.386. The molecule has 1 aromatic carbocycles. The van der Waals surface area contributed by atoms with Crippen molar-refractivity contribution < 1.29 is 19.1 Å². The maximum Gasteiger partial charge on any atom is 0.341 e. The summed E-state index contributed by atoms with van der Waals surface area (Å²) in [4.78, 5) is 26.7. The molecule has 7 heteroatoms. The van der Waals surface area contributed by atoms with Crippen LogP contribution in [0.4, 0.5) is 5.69 Å². The number of esters is 2. The van der Waals surface area contributed by atoms with Gasteiger partial charge in [-0.15, -0.1) is 12.4 Å². The topological polar surface area (TPSA) is 81.9 Å². The number of nitrogen functional groups attached to an aromatic ring is 1. The molecule has 1 aromatic rings. The minimum absolute atomic E-state index is 0. The third kappa shape index (κ3) is 7.32. The monoisotopic (exact) mass is 372 g/mol. The second kappa shape index (κ2) is 12.6. The number of nitrogens with two attached hydrogens (primary N) is 1. The predicted octanol–water partition coefficient (Wildman–Crippen LogP) is 3.15. The summed E-state index contributed by atoms with van der Waals surface area (Å²) >= 11 is 0. The lowest BCUT2D eigenvalue weighted by Crippen LogP contribution is -2.28. The van der Waals surface area contributed by atoms with Crippen LogP contribution < -0.4 is 5.73 Å². The van der Waals surface area contributed by atoms with Crippen molar-refractivity contribution in [2.75, 3.05) is 38.6 Å². The smallest absolute Gasteiger partial charge is 0.341 e. The van der Waals surface area contributed by atoms with Gasteiger partial charge >= 0.3 is 11.9 Å². The summed E-state index contributed by atoms with van der Waals surface area (Å²) in [5, 5.41) is 0. The van der Waals surface area contributed by atoms with Gasteiger partial charge in [-0.3, -0.25) is 0 Å². The van der Waals surface area contributed by atoms with Gasteiger partial charge < -0.3 is 20.1 Å². The molecule has 0 heterocycles. The minimum atomic E-state index is -0.586. The Labute approximate surface area is 156 Å². The van der Waals surface area contributed by atoms with Crippen molar-refractivity contribution in [3.63, 3.8) is 0 Å². The van der Waals surface area contributed by atoms with Crippen molar-refractivity contribution in [1.82, 2.24) is 4.90 Å². The van der Waals surface area contributed by atoms with E-state index in [-0.39, 0.29) is 35.8 Å². The van der Waals surface area contributed by atoms with Crippen molar-refractivity contribution in [1.29, 1.82) is 0 Å². The van der Waals surface area contributed by atoms with E-state index >= 15 is 0 Å². The van der Waals surface area contributed by atoms with Gasteiger partial charge in [-0.2, -0.15) is 0 Å². The van der Waals surface area contributed by atoms with E-state index in [1.807, 2.05) is 20.8 Å². The van der Waals surface area contributed by atoms with Crippen molar-refractivity contribution in [2.24, 2.45) is 0 Å². The number of hydrogen-bond acceptors (Lipinski definition) is 6. The third-order valence-corrected chi connectivity index (χ3v) is 3.79. The Morgan fingerprint density at radius 1 is 1.04 bits per heavy atom. The molecular weight excluding hydrogens is 344 g/mol. The molecule has 0 aliphatic heterocycles. The Morgan fingerprint density at radius 3 is 2.28 bits per heavy atom. The summed E-state index contributed by atoms with van der Waals surface area (Å²) in [6.07, 6.45) is 1.68. The lowest BCUT2D eigenvalue weighted by molar-refractivity contribution is 0.0434. The fraction of sp³-hybridized carbons (Fsp3) is 0.556. The molecule has 0 unspecified atom stereocenters. The normalized spacial score (nSPS) is 10.2. The Morgan fingerprint density at radius 2 is 1.68 bits per heavy atom. The molecule has 0 atom stereocenters. The standard InChI is InChI=1S/C18H28N2O4.ClH/c1-4-7-12-23-18(22)16-14(9-8-10-15(16)19)17(21)24-13-11-20(5-2)6-3;/h8-10H,4-7,11-13,19H2,1-3H3;1H. The average Bonchev–Trinajstić information content (AvgIpc) is 2.58. The van der Waals surface area contributed by atoms with E-state index < -0.39 is 11.9 Å². The minimum Gasteiger partial charge on any atom is -0.462 e. The maximum atomic E-state index is 12.3. The molecule has 1 rings (SSSR count). The molecule has 0 amide bonds. The molecule has 0 spiro atoms. The van der Waals surface area contributed by atoms with E-state index in [1.54, 1.807) is 12.1 Å². The Hall–Kier alpha value is -1.79. The van der Waals surface area contributed by atoms with Crippen LogP contribution in [0.25, 0.3) is 0 Å². The SMILES string of the molecule is CCCCOC(=O)c1c(N)cccc1C(=O)OCCN(CC)CC.Cl. The summed E-state index contributed by atoms with van der Waals surface area (Å²) in [6.45, 7) is 9.10. The van der Waals surface area contributed by atoms with Crippen molar-refractivity contribution in [3.8, 4) is 0 Å². The molecule has 0 bridgehead atoms. The molecule has 0 saturated carbocycles. The molecule has 0 aliphatic rings. The van der Waals surface area contributed by atoms with E-state index in [2.05, 4.69) is 4.90 Å². The fourth-order valence-corrected chi connectivity index (χ4v) is 2.23. The first-order valence-electron chi connectivity index (χ1n) is 8.50. The Balaban J connectivity index is 0.00000576. The van der Waals surface area contributed by atoms with Crippen LogP contribution in [-0.2, 0) is 9.47 Å². The summed E-state index contributed by atoms with van der Waals surface area (Å²) in [7, 11) is 0. The van der Waals surface area contributed by atoms with Gasteiger partial charge in [0.1, 0.15) is 6.61 Å².